The maximum absolute atomic E-state index is 11.9. The summed E-state index contributed by atoms with van der Waals surface area (Å²) >= 11 is 5.97. The number of hydrogen-bond donors (Lipinski definition) is 3. The number of anilines is 1. The van der Waals surface area contributed by atoms with E-state index in [1.165, 1.54) is 0 Å². The van der Waals surface area contributed by atoms with Crippen LogP contribution in [0.1, 0.15) is 12.8 Å². The molecule has 0 aliphatic rings. The summed E-state index contributed by atoms with van der Waals surface area (Å²) in [5.74, 6) is -0.852. The molecule has 0 unspecified atom stereocenters. The number of carbonyl (C=O) groups is 3. The summed E-state index contributed by atoms with van der Waals surface area (Å²) in [5.41, 5.74) is 7.10. The summed E-state index contributed by atoms with van der Waals surface area (Å²) in [6.45, 7) is -0.266. The van der Waals surface area contributed by atoms with E-state index in [4.69, 9.17) is 16.3 Å². The number of para-hydroxylation sites is 1. The first-order chi connectivity index (χ1) is 15.5. The van der Waals surface area contributed by atoms with Crippen molar-refractivity contribution in [3.63, 3.8) is 0 Å². The third-order valence-electron chi connectivity index (χ3n) is 4.40. The molecule has 8 heteroatoms. The first-order valence-electron chi connectivity index (χ1n) is 9.91. The fourth-order valence-corrected chi connectivity index (χ4v) is 2.95. The molecule has 0 aliphatic carbocycles. The Morgan fingerprint density at radius 1 is 0.688 bits per heavy atom. The fourth-order valence-electron chi connectivity index (χ4n) is 2.76. The second-order valence-corrected chi connectivity index (χ2v) is 7.21. The number of halogens is 1. The van der Waals surface area contributed by atoms with Gasteiger partial charge in [0.05, 0.1) is 10.7 Å². The van der Waals surface area contributed by atoms with E-state index >= 15 is 0 Å². The molecule has 7 nitrogen and oxygen atoms in total. The van der Waals surface area contributed by atoms with Gasteiger partial charge in [-0.25, -0.2) is 0 Å². The van der Waals surface area contributed by atoms with E-state index in [0.29, 0.717) is 16.5 Å². The van der Waals surface area contributed by atoms with Gasteiger partial charge in [-0.3, -0.25) is 25.2 Å². The molecule has 3 N–H and O–H groups in total. The summed E-state index contributed by atoms with van der Waals surface area (Å²) in [7, 11) is 0. The quantitative estimate of drug-likeness (QED) is 0.452. The Morgan fingerprint density at radius 2 is 1.28 bits per heavy atom. The molecule has 32 heavy (non-hydrogen) atoms. The molecule has 0 heterocycles. The normalized spacial score (nSPS) is 10.2. The number of ether oxygens (including phenoxy) is 1. The van der Waals surface area contributed by atoms with Gasteiger partial charge < -0.3 is 10.1 Å². The molecule has 3 aromatic carbocycles. The third kappa shape index (κ3) is 7.14. The van der Waals surface area contributed by atoms with Gasteiger partial charge in [0.15, 0.2) is 6.61 Å². The van der Waals surface area contributed by atoms with Crippen LogP contribution in [0, 0.1) is 0 Å². The molecule has 0 spiro atoms. The largest absolute Gasteiger partial charge is 0.484 e. The van der Waals surface area contributed by atoms with E-state index in [9.17, 15) is 14.4 Å². The Kier molecular flexibility index (Phi) is 8.22. The van der Waals surface area contributed by atoms with E-state index in [1.54, 1.807) is 36.4 Å². The number of carbonyl (C=O) groups excluding carboxylic acids is 3. The molecule has 0 radical (unpaired) electrons. The van der Waals surface area contributed by atoms with Crippen molar-refractivity contribution in [2.45, 2.75) is 12.8 Å². The van der Waals surface area contributed by atoms with Crippen LogP contribution in [0.15, 0.2) is 78.9 Å². The average molecular weight is 452 g/mol. The van der Waals surface area contributed by atoms with Gasteiger partial charge >= 0.3 is 0 Å². The van der Waals surface area contributed by atoms with Crippen molar-refractivity contribution in [1.29, 1.82) is 0 Å². The minimum Gasteiger partial charge on any atom is -0.484 e. The Morgan fingerprint density at radius 3 is 2.00 bits per heavy atom. The molecule has 3 amide bonds. The van der Waals surface area contributed by atoms with E-state index in [-0.39, 0.29) is 25.4 Å². The second-order valence-electron chi connectivity index (χ2n) is 6.80. The van der Waals surface area contributed by atoms with Crippen LogP contribution in [0.25, 0.3) is 11.1 Å². The zero-order chi connectivity index (χ0) is 22.8. The smallest absolute Gasteiger partial charge is 0.276 e. The fraction of sp³-hybridized carbons (Fsp3) is 0.125. The van der Waals surface area contributed by atoms with Gasteiger partial charge in [-0.15, -0.1) is 0 Å². The van der Waals surface area contributed by atoms with E-state index in [1.807, 2.05) is 42.5 Å². The molecule has 0 aliphatic heterocycles. The van der Waals surface area contributed by atoms with Gasteiger partial charge in [-0.05, 0) is 35.4 Å². The molecule has 0 aromatic heterocycles. The van der Waals surface area contributed by atoms with Gasteiger partial charge in [-0.2, -0.15) is 0 Å². The summed E-state index contributed by atoms with van der Waals surface area (Å²) < 4.78 is 5.43. The van der Waals surface area contributed by atoms with Crippen LogP contribution in [0.5, 0.6) is 5.75 Å². The average Bonchev–Trinajstić information content (AvgIpc) is 2.82. The van der Waals surface area contributed by atoms with Crippen LogP contribution in [0.4, 0.5) is 5.69 Å². The summed E-state index contributed by atoms with van der Waals surface area (Å²) in [6, 6.07) is 24.0. The zero-order valence-corrected chi connectivity index (χ0v) is 17.9. The highest BCUT2D eigenvalue weighted by Crippen LogP contribution is 2.22. The first-order valence-corrected chi connectivity index (χ1v) is 10.3. The lowest BCUT2D eigenvalue weighted by atomic mass is 10.1. The molecule has 0 atom stereocenters. The monoisotopic (exact) mass is 451 g/mol. The van der Waals surface area contributed by atoms with E-state index in [0.717, 1.165) is 11.1 Å². The highest BCUT2D eigenvalue weighted by Gasteiger charge is 2.10. The standard InChI is InChI=1S/C24H22ClN3O4/c25-20-8-4-5-9-21(20)26-22(29)14-15-23(30)27-28-24(31)16-32-19-12-10-18(11-13-19)17-6-2-1-3-7-17/h1-13H,14-16H2,(H,26,29)(H,27,30)(H,28,31). The number of hydrogen-bond acceptors (Lipinski definition) is 4. The van der Waals surface area contributed by atoms with Gasteiger partial charge in [0.2, 0.25) is 11.8 Å². The molecule has 0 saturated heterocycles. The van der Waals surface area contributed by atoms with Crippen molar-refractivity contribution < 1.29 is 19.1 Å². The van der Waals surface area contributed by atoms with E-state index < -0.39 is 11.8 Å². The number of benzene rings is 3. The number of amides is 3. The van der Waals surface area contributed by atoms with Gasteiger partial charge in [0.25, 0.3) is 5.91 Å². The van der Waals surface area contributed by atoms with Crippen LogP contribution < -0.4 is 20.9 Å². The molecule has 164 valence electrons. The molecule has 0 saturated carbocycles. The third-order valence-corrected chi connectivity index (χ3v) is 4.73. The molecule has 3 rings (SSSR count). The topological polar surface area (TPSA) is 96.5 Å². The van der Waals surface area contributed by atoms with Crippen LogP contribution in [0.2, 0.25) is 5.02 Å². The summed E-state index contributed by atoms with van der Waals surface area (Å²) in [4.78, 5) is 35.7. The van der Waals surface area contributed by atoms with Gasteiger partial charge in [-0.1, -0.05) is 66.2 Å². The minimum atomic E-state index is -0.522. The molecule has 0 bridgehead atoms. The minimum absolute atomic E-state index is 0.0583. The predicted molar refractivity (Wildman–Crippen MR) is 123 cm³/mol. The second kappa shape index (κ2) is 11.5. The van der Waals surface area contributed by atoms with Crippen molar-refractivity contribution >= 4 is 35.0 Å². The Hall–Kier alpha value is -3.84. The number of hydrazine groups is 1. The number of rotatable bonds is 8. The predicted octanol–water partition coefficient (Wildman–Crippen LogP) is 3.95. The maximum Gasteiger partial charge on any atom is 0.276 e. The molecular weight excluding hydrogens is 430 g/mol. The number of nitrogens with one attached hydrogen (secondary N) is 3. The van der Waals surface area contributed by atoms with Crippen molar-refractivity contribution in [3.05, 3.63) is 83.9 Å². The lowest BCUT2D eigenvalue weighted by Crippen LogP contribution is -2.44. The highest BCUT2D eigenvalue weighted by atomic mass is 35.5. The van der Waals surface area contributed by atoms with Crippen molar-refractivity contribution in [1.82, 2.24) is 10.9 Å². The van der Waals surface area contributed by atoms with E-state index in [2.05, 4.69) is 16.2 Å². The molecule has 0 fully saturated rings. The van der Waals surface area contributed by atoms with Crippen molar-refractivity contribution in [3.8, 4) is 16.9 Å². The first kappa shape index (κ1) is 22.8. The Labute approximate surface area is 190 Å². The van der Waals surface area contributed by atoms with Gasteiger partial charge in [0.1, 0.15) is 5.75 Å². The van der Waals surface area contributed by atoms with Crippen molar-refractivity contribution in [2.75, 3.05) is 11.9 Å². The van der Waals surface area contributed by atoms with Crippen molar-refractivity contribution in [2.24, 2.45) is 0 Å². The van der Waals surface area contributed by atoms with Crippen LogP contribution in [0.3, 0.4) is 0 Å². The van der Waals surface area contributed by atoms with Crippen LogP contribution in [-0.2, 0) is 14.4 Å². The highest BCUT2D eigenvalue weighted by molar-refractivity contribution is 6.33. The Balaban J connectivity index is 1.34. The molecular formula is C24H22ClN3O4. The zero-order valence-electron chi connectivity index (χ0n) is 17.1. The van der Waals surface area contributed by atoms with Crippen LogP contribution in [-0.4, -0.2) is 24.3 Å². The lowest BCUT2D eigenvalue weighted by molar-refractivity contribution is -0.130. The Bertz CT molecular complexity index is 1070. The molecule has 3 aromatic rings. The SMILES string of the molecule is O=C(CCC(=O)Nc1ccccc1Cl)NNC(=O)COc1ccc(-c2ccccc2)cc1. The maximum atomic E-state index is 11.9. The van der Waals surface area contributed by atoms with Gasteiger partial charge in [0, 0.05) is 12.8 Å². The van der Waals surface area contributed by atoms with Crippen LogP contribution >= 0.6 is 11.6 Å². The summed E-state index contributed by atoms with van der Waals surface area (Å²) in [5, 5.41) is 3.03. The summed E-state index contributed by atoms with van der Waals surface area (Å²) in [6.07, 6.45) is -0.157. The lowest BCUT2D eigenvalue weighted by Gasteiger charge is -2.10.